The number of nitrogens with zero attached hydrogens (tertiary/aromatic N) is 2. The molecule has 0 atom stereocenters. The molecule has 5 heteroatoms. The minimum atomic E-state index is -0.177. The Labute approximate surface area is 111 Å². The van der Waals surface area contributed by atoms with Crippen molar-refractivity contribution < 1.29 is 4.79 Å². The number of aromatic amines is 1. The molecule has 0 unspecified atom stereocenters. The van der Waals surface area contributed by atoms with Crippen molar-refractivity contribution in [2.45, 2.75) is 0 Å². The summed E-state index contributed by atoms with van der Waals surface area (Å²) in [6, 6.07) is 5.36. The molecule has 1 saturated carbocycles. The van der Waals surface area contributed by atoms with E-state index in [1.54, 1.807) is 24.3 Å². The lowest BCUT2D eigenvalue weighted by molar-refractivity contribution is -0.111. The van der Waals surface area contributed by atoms with E-state index in [0.717, 1.165) is 17.0 Å². The molecular formula is C14H11N4O. The summed E-state index contributed by atoms with van der Waals surface area (Å²) >= 11 is 0. The number of carbonyl (C=O) groups excluding carboxylic acids is 1. The highest BCUT2D eigenvalue weighted by Crippen LogP contribution is 2.23. The standard InChI is InChI=1S/C14H11N4O/c19-14(8-5-10-3-1-2-4-10)15-11-6-7-12-13(9-11)17-18-16-12/h1-9H,(H,15,19)(H,16,17,18)/b8-5+. The molecule has 1 aromatic carbocycles. The lowest BCUT2D eigenvalue weighted by atomic mass is 10.1. The molecule has 0 bridgehead atoms. The number of fused-ring (bicyclic) bond motifs is 1. The molecule has 0 spiro atoms. The number of benzene rings is 1. The number of aromatic nitrogens is 3. The Morgan fingerprint density at radius 3 is 2.79 bits per heavy atom. The molecule has 93 valence electrons. The van der Waals surface area contributed by atoms with Crippen LogP contribution in [0.3, 0.4) is 0 Å². The van der Waals surface area contributed by atoms with Crippen molar-refractivity contribution in [1.29, 1.82) is 0 Å². The average Bonchev–Trinajstić information content (AvgIpc) is 3.07. The maximum Gasteiger partial charge on any atom is 0.248 e. The van der Waals surface area contributed by atoms with Gasteiger partial charge in [0.2, 0.25) is 5.91 Å². The molecule has 3 rings (SSSR count). The van der Waals surface area contributed by atoms with Crippen molar-refractivity contribution in [2.24, 2.45) is 0 Å². The summed E-state index contributed by atoms with van der Waals surface area (Å²) in [6.45, 7) is 0. The van der Waals surface area contributed by atoms with Gasteiger partial charge in [0, 0.05) is 11.6 Å². The SMILES string of the molecule is O=C(/C=C/[C]1[CH][CH][CH][CH]1)Nc1ccc2n[nH]nc2c1. The number of allylic oxidation sites excluding steroid dienone is 1. The van der Waals surface area contributed by atoms with Crippen molar-refractivity contribution >= 4 is 22.6 Å². The summed E-state index contributed by atoms with van der Waals surface area (Å²) in [5.74, 6) is 0.825. The maximum atomic E-state index is 11.7. The van der Waals surface area contributed by atoms with E-state index >= 15 is 0 Å². The van der Waals surface area contributed by atoms with Crippen LogP contribution in [0.15, 0.2) is 30.4 Å². The van der Waals surface area contributed by atoms with Crippen molar-refractivity contribution in [3.05, 3.63) is 62.0 Å². The zero-order valence-corrected chi connectivity index (χ0v) is 10.00. The predicted octanol–water partition coefficient (Wildman–Crippen LogP) is 1.86. The summed E-state index contributed by atoms with van der Waals surface area (Å²) in [4.78, 5) is 11.7. The number of hydrogen-bond donors (Lipinski definition) is 2. The quantitative estimate of drug-likeness (QED) is 0.818. The molecule has 1 aliphatic carbocycles. The van der Waals surface area contributed by atoms with Gasteiger partial charge in [-0.15, -0.1) is 0 Å². The van der Waals surface area contributed by atoms with Gasteiger partial charge in [0.1, 0.15) is 11.0 Å². The van der Waals surface area contributed by atoms with Crippen LogP contribution in [-0.4, -0.2) is 21.3 Å². The van der Waals surface area contributed by atoms with E-state index in [-0.39, 0.29) is 5.91 Å². The van der Waals surface area contributed by atoms with E-state index in [1.807, 2.05) is 25.7 Å². The normalized spacial score (nSPS) is 16.4. The second kappa shape index (κ2) is 5.22. The summed E-state index contributed by atoms with van der Waals surface area (Å²) in [6.07, 6.45) is 11.0. The Hall–Kier alpha value is -2.17. The lowest BCUT2D eigenvalue weighted by Gasteiger charge is -2.02. The summed E-state index contributed by atoms with van der Waals surface area (Å²) < 4.78 is 0. The third-order valence-corrected chi connectivity index (χ3v) is 2.70. The first-order valence-corrected chi connectivity index (χ1v) is 5.82. The predicted molar refractivity (Wildman–Crippen MR) is 72.1 cm³/mol. The van der Waals surface area contributed by atoms with Gasteiger partial charge in [-0.3, -0.25) is 4.79 Å². The van der Waals surface area contributed by atoms with E-state index in [2.05, 4.69) is 20.7 Å². The topological polar surface area (TPSA) is 70.7 Å². The first-order chi connectivity index (χ1) is 9.31. The highest BCUT2D eigenvalue weighted by atomic mass is 16.1. The van der Waals surface area contributed by atoms with Crippen LogP contribution in [0.5, 0.6) is 0 Å². The Kier molecular flexibility index (Phi) is 3.27. The van der Waals surface area contributed by atoms with Crippen molar-refractivity contribution in [3.63, 3.8) is 0 Å². The Bertz CT molecular complexity index is 611. The maximum absolute atomic E-state index is 11.7. The van der Waals surface area contributed by atoms with Crippen LogP contribution in [-0.2, 0) is 4.79 Å². The number of rotatable bonds is 3. The molecule has 2 aromatic rings. The van der Waals surface area contributed by atoms with Crippen molar-refractivity contribution in [3.8, 4) is 0 Å². The van der Waals surface area contributed by atoms with Gasteiger partial charge < -0.3 is 5.32 Å². The second-order valence-corrected chi connectivity index (χ2v) is 4.07. The van der Waals surface area contributed by atoms with Gasteiger partial charge in [-0.25, -0.2) is 0 Å². The van der Waals surface area contributed by atoms with E-state index < -0.39 is 0 Å². The largest absolute Gasteiger partial charge is 0.322 e. The Morgan fingerprint density at radius 1 is 1.16 bits per heavy atom. The fraction of sp³-hybridized carbons (Fsp3) is 0. The van der Waals surface area contributed by atoms with Gasteiger partial charge in [-0.05, 0) is 50.0 Å². The number of carbonyl (C=O) groups is 1. The Morgan fingerprint density at radius 2 is 1.95 bits per heavy atom. The average molecular weight is 251 g/mol. The van der Waals surface area contributed by atoms with Gasteiger partial charge in [-0.1, -0.05) is 6.08 Å². The fourth-order valence-corrected chi connectivity index (χ4v) is 1.77. The second-order valence-electron chi connectivity index (χ2n) is 4.07. The van der Waals surface area contributed by atoms with Gasteiger partial charge in [-0.2, -0.15) is 15.4 Å². The molecule has 2 N–H and O–H groups in total. The van der Waals surface area contributed by atoms with Gasteiger partial charge in [0.25, 0.3) is 0 Å². The van der Waals surface area contributed by atoms with Crippen LogP contribution in [0.1, 0.15) is 0 Å². The first kappa shape index (κ1) is 11.9. The number of amides is 1. The minimum absolute atomic E-state index is 0.177. The Balaban J connectivity index is 1.64. The molecule has 0 aliphatic heterocycles. The molecule has 1 amide bonds. The van der Waals surface area contributed by atoms with Gasteiger partial charge in [0.05, 0.1) is 0 Å². The van der Waals surface area contributed by atoms with E-state index in [1.165, 1.54) is 6.08 Å². The molecule has 19 heavy (non-hydrogen) atoms. The van der Waals surface area contributed by atoms with Gasteiger partial charge in [0.15, 0.2) is 0 Å². The molecule has 5 nitrogen and oxygen atoms in total. The van der Waals surface area contributed by atoms with E-state index in [0.29, 0.717) is 5.69 Å². The van der Waals surface area contributed by atoms with Crippen LogP contribution in [0.2, 0.25) is 0 Å². The highest BCUT2D eigenvalue weighted by Gasteiger charge is 2.13. The van der Waals surface area contributed by atoms with Crippen LogP contribution in [0, 0.1) is 31.6 Å². The molecule has 0 saturated heterocycles. The monoisotopic (exact) mass is 251 g/mol. The molecule has 1 aromatic heterocycles. The number of H-pyrrole nitrogens is 1. The van der Waals surface area contributed by atoms with Crippen LogP contribution < -0.4 is 5.32 Å². The zero-order chi connectivity index (χ0) is 13.1. The molecule has 1 heterocycles. The van der Waals surface area contributed by atoms with Crippen LogP contribution in [0.25, 0.3) is 11.0 Å². The van der Waals surface area contributed by atoms with Crippen LogP contribution in [0.4, 0.5) is 5.69 Å². The number of anilines is 1. The first-order valence-electron chi connectivity index (χ1n) is 5.82. The van der Waals surface area contributed by atoms with Gasteiger partial charge >= 0.3 is 0 Å². The summed E-state index contributed by atoms with van der Waals surface area (Å²) in [7, 11) is 0. The minimum Gasteiger partial charge on any atom is -0.322 e. The number of hydrogen-bond acceptors (Lipinski definition) is 3. The fourth-order valence-electron chi connectivity index (χ4n) is 1.77. The highest BCUT2D eigenvalue weighted by molar-refractivity contribution is 6.00. The van der Waals surface area contributed by atoms with E-state index in [9.17, 15) is 4.79 Å². The zero-order valence-electron chi connectivity index (χ0n) is 10.00. The third kappa shape index (κ3) is 2.81. The number of nitrogens with one attached hydrogen (secondary N) is 2. The molecular weight excluding hydrogens is 240 g/mol. The summed E-state index contributed by atoms with van der Waals surface area (Å²) in [5, 5.41) is 13.2. The van der Waals surface area contributed by atoms with E-state index in [4.69, 9.17) is 0 Å². The smallest absolute Gasteiger partial charge is 0.248 e. The van der Waals surface area contributed by atoms with Crippen molar-refractivity contribution in [1.82, 2.24) is 15.4 Å². The third-order valence-electron chi connectivity index (χ3n) is 2.70. The molecule has 1 aliphatic rings. The van der Waals surface area contributed by atoms with Crippen molar-refractivity contribution in [2.75, 3.05) is 5.32 Å². The summed E-state index contributed by atoms with van der Waals surface area (Å²) in [5.41, 5.74) is 2.18. The molecule has 1 fully saturated rings. The van der Waals surface area contributed by atoms with Crippen LogP contribution >= 0.6 is 0 Å². The lowest BCUT2D eigenvalue weighted by Crippen LogP contribution is -2.08. The molecule has 5 radical (unpaired) electrons.